The van der Waals surface area contributed by atoms with E-state index in [1.54, 1.807) is 7.11 Å². The molecule has 1 unspecified atom stereocenters. The molecule has 1 atom stereocenters. The Morgan fingerprint density at radius 2 is 2.00 bits per heavy atom. The number of ether oxygens (including phenoxy) is 1. The van der Waals surface area contributed by atoms with E-state index in [0.29, 0.717) is 5.02 Å². The summed E-state index contributed by atoms with van der Waals surface area (Å²) in [4.78, 5) is 0. The summed E-state index contributed by atoms with van der Waals surface area (Å²) >= 11 is 10.0. The molecule has 0 fully saturated rings. The lowest BCUT2D eigenvalue weighted by Gasteiger charge is -2.21. The van der Waals surface area contributed by atoms with Crippen LogP contribution in [0, 0.1) is 6.92 Å². The van der Waals surface area contributed by atoms with Gasteiger partial charge in [0.2, 0.25) is 0 Å². The Bertz CT molecular complexity index is 610. The fourth-order valence-electron chi connectivity index (χ4n) is 2.41. The molecule has 21 heavy (non-hydrogen) atoms. The highest BCUT2D eigenvalue weighted by Gasteiger charge is 2.17. The number of aryl methyl sites for hydroxylation is 1. The highest BCUT2D eigenvalue weighted by atomic mass is 79.9. The minimum atomic E-state index is 0.0598. The Labute approximate surface area is 139 Å². The summed E-state index contributed by atoms with van der Waals surface area (Å²) in [5.74, 6) is 0.768. The van der Waals surface area contributed by atoms with Gasteiger partial charge in [0.25, 0.3) is 0 Å². The average Bonchev–Trinajstić information content (AvgIpc) is 2.44. The summed E-state index contributed by atoms with van der Waals surface area (Å²) < 4.78 is 6.30. The van der Waals surface area contributed by atoms with Crippen LogP contribution in [-0.4, -0.2) is 13.7 Å². The van der Waals surface area contributed by atoms with E-state index in [-0.39, 0.29) is 6.04 Å². The first-order valence-electron chi connectivity index (χ1n) is 6.89. The van der Waals surface area contributed by atoms with Gasteiger partial charge in [0.15, 0.2) is 0 Å². The van der Waals surface area contributed by atoms with Gasteiger partial charge in [0.05, 0.1) is 13.2 Å². The summed E-state index contributed by atoms with van der Waals surface area (Å²) in [6.07, 6.45) is 0. The first-order chi connectivity index (χ1) is 10.0. The number of nitrogens with one attached hydrogen (secondary N) is 1. The molecule has 4 heteroatoms. The minimum Gasteiger partial charge on any atom is -0.497 e. The average molecular weight is 369 g/mol. The van der Waals surface area contributed by atoms with Crippen LogP contribution < -0.4 is 10.1 Å². The Morgan fingerprint density at radius 1 is 1.24 bits per heavy atom. The maximum Gasteiger partial charge on any atom is 0.120 e. The molecule has 0 spiro atoms. The Hall–Kier alpha value is -1.03. The van der Waals surface area contributed by atoms with Crippen LogP contribution in [-0.2, 0) is 0 Å². The van der Waals surface area contributed by atoms with Crippen molar-refractivity contribution in [2.45, 2.75) is 19.9 Å². The molecule has 0 radical (unpaired) electrons. The normalized spacial score (nSPS) is 12.2. The number of benzene rings is 2. The van der Waals surface area contributed by atoms with E-state index in [2.05, 4.69) is 53.3 Å². The molecule has 0 heterocycles. The summed E-state index contributed by atoms with van der Waals surface area (Å²) in [5, 5.41) is 4.21. The van der Waals surface area contributed by atoms with Gasteiger partial charge in [-0.15, -0.1) is 0 Å². The van der Waals surface area contributed by atoms with Crippen LogP contribution in [0.5, 0.6) is 5.75 Å². The second-order valence-corrected chi connectivity index (χ2v) is 6.26. The van der Waals surface area contributed by atoms with Gasteiger partial charge in [-0.3, -0.25) is 0 Å². The number of hydrogen-bond acceptors (Lipinski definition) is 2. The van der Waals surface area contributed by atoms with E-state index in [4.69, 9.17) is 16.3 Å². The monoisotopic (exact) mass is 367 g/mol. The SMILES string of the molecule is CCNC(c1cc(C)cc(Br)c1)c1ccc(OC)cc1Cl. The largest absolute Gasteiger partial charge is 0.497 e. The molecule has 0 aliphatic rings. The van der Waals surface area contributed by atoms with E-state index in [0.717, 1.165) is 22.3 Å². The summed E-state index contributed by atoms with van der Waals surface area (Å²) in [6, 6.07) is 12.3. The Kier molecular flexibility index (Phi) is 5.68. The molecule has 2 aromatic rings. The van der Waals surface area contributed by atoms with E-state index in [1.165, 1.54) is 11.1 Å². The molecule has 112 valence electrons. The molecule has 0 saturated heterocycles. The second kappa shape index (κ2) is 7.30. The quantitative estimate of drug-likeness (QED) is 0.791. The molecule has 0 saturated carbocycles. The van der Waals surface area contributed by atoms with Crippen LogP contribution in [0.25, 0.3) is 0 Å². The van der Waals surface area contributed by atoms with Crippen LogP contribution in [0.3, 0.4) is 0 Å². The van der Waals surface area contributed by atoms with E-state index >= 15 is 0 Å². The lowest BCUT2D eigenvalue weighted by atomic mass is 9.97. The van der Waals surface area contributed by atoms with Gasteiger partial charge in [-0.05, 0) is 54.4 Å². The molecule has 0 aliphatic carbocycles. The molecule has 2 aromatic carbocycles. The third-order valence-electron chi connectivity index (χ3n) is 3.32. The molecule has 1 N–H and O–H groups in total. The van der Waals surface area contributed by atoms with Crippen LogP contribution in [0.4, 0.5) is 0 Å². The van der Waals surface area contributed by atoms with Crippen LogP contribution in [0.2, 0.25) is 5.02 Å². The molecule has 2 nitrogen and oxygen atoms in total. The van der Waals surface area contributed by atoms with Gasteiger partial charge >= 0.3 is 0 Å². The van der Waals surface area contributed by atoms with Gasteiger partial charge in [0.1, 0.15) is 5.75 Å². The van der Waals surface area contributed by atoms with Gasteiger partial charge < -0.3 is 10.1 Å². The predicted molar refractivity (Wildman–Crippen MR) is 92.4 cm³/mol. The topological polar surface area (TPSA) is 21.3 Å². The van der Waals surface area contributed by atoms with Crippen molar-refractivity contribution in [3.8, 4) is 5.75 Å². The molecule has 0 aromatic heterocycles. The van der Waals surface area contributed by atoms with Crippen molar-refractivity contribution in [3.63, 3.8) is 0 Å². The Balaban J connectivity index is 2.47. The maximum absolute atomic E-state index is 6.44. The van der Waals surface area contributed by atoms with Crippen molar-refractivity contribution < 1.29 is 4.74 Å². The number of halogens is 2. The zero-order chi connectivity index (χ0) is 15.4. The standard InChI is InChI=1S/C17H19BrClNO/c1-4-20-17(12-7-11(2)8-13(18)9-12)15-6-5-14(21-3)10-16(15)19/h5-10,17,20H,4H2,1-3H3. The van der Waals surface area contributed by atoms with E-state index in [1.807, 2.05) is 18.2 Å². The fraction of sp³-hybridized carbons (Fsp3) is 0.294. The molecule has 0 amide bonds. The van der Waals surface area contributed by atoms with E-state index < -0.39 is 0 Å². The van der Waals surface area contributed by atoms with Crippen molar-refractivity contribution in [1.29, 1.82) is 0 Å². The third-order valence-corrected chi connectivity index (χ3v) is 4.11. The van der Waals surface area contributed by atoms with Gasteiger partial charge in [-0.2, -0.15) is 0 Å². The summed E-state index contributed by atoms with van der Waals surface area (Å²) in [6.45, 7) is 5.04. The molecular formula is C17H19BrClNO. The van der Waals surface area contributed by atoms with Gasteiger partial charge in [-0.1, -0.05) is 46.6 Å². The predicted octanol–water partition coefficient (Wildman–Crippen LogP) is 5.12. The lowest BCUT2D eigenvalue weighted by Crippen LogP contribution is -2.22. The van der Waals surface area contributed by atoms with Crippen molar-refractivity contribution in [2.75, 3.05) is 13.7 Å². The number of hydrogen-bond donors (Lipinski definition) is 1. The van der Waals surface area contributed by atoms with Crippen molar-refractivity contribution >= 4 is 27.5 Å². The minimum absolute atomic E-state index is 0.0598. The first-order valence-corrected chi connectivity index (χ1v) is 8.06. The van der Waals surface area contributed by atoms with Crippen molar-refractivity contribution in [1.82, 2.24) is 5.32 Å². The highest BCUT2D eigenvalue weighted by molar-refractivity contribution is 9.10. The molecular weight excluding hydrogens is 350 g/mol. The molecule has 0 bridgehead atoms. The third kappa shape index (κ3) is 4.00. The van der Waals surface area contributed by atoms with Crippen molar-refractivity contribution in [2.24, 2.45) is 0 Å². The van der Waals surface area contributed by atoms with Crippen LogP contribution >= 0.6 is 27.5 Å². The lowest BCUT2D eigenvalue weighted by molar-refractivity contribution is 0.414. The smallest absolute Gasteiger partial charge is 0.120 e. The van der Waals surface area contributed by atoms with Gasteiger partial charge in [-0.25, -0.2) is 0 Å². The summed E-state index contributed by atoms with van der Waals surface area (Å²) in [7, 11) is 1.64. The van der Waals surface area contributed by atoms with Crippen LogP contribution in [0.15, 0.2) is 40.9 Å². The molecule has 0 aliphatic heterocycles. The fourth-order valence-corrected chi connectivity index (χ4v) is 3.32. The van der Waals surface area contributed by atoms with Gasteiger partial charge in [0, 0.05) is 9.50 Å². The van der Waals surface area contributed by atoms with Crippen molar-refractivity contribution in [3.05, 3.63) is 62.6 Å². The zero-order valence-corrected chi connectivity index (χ0v) is 14.8. The second-order valence-electron chi connectivity index (χ2n) is 4.94. The van der Waals surface area contributed by atoms with Crippen LogP contribution in [0.1, 0.15) is 29.7 Å². The highest BCUT2D eigenvalue weighted by Crippen LogP contribution is 2.32. The first kappa shape index (κ1) is 16.3. The number of rotatable bonds is 5. The molecule has 2 rings (SSSR count). The number of methoxy groups -OCH3 is 1. The summed E-state index contributed by atoms with van der Waals surface area (Å²) in [5.41, 5.74) is 3.46. The zero-order valence-electron chi connectivity index (χ0n) is 12.4. The maximum atomic E-state index is 6.44. The van der Waals surface area contributed by atoms with E-state index in [9.17, 15) is 0 Å². The Morgan fingerprint density at radius 3 is 2.57 bits per heavy atom.